The minimum absolute atomic E-state index is 0.258. The Morgan fingerprint density at radius 3 is 2.62 bits per heavy atom. The monoisotopic (exact) mass is 221 g/mol. The van der Waals surface area contributed by atoms with Crippen LogP contribution in [0, 0.1) is 12.8 Å². The van der Waals surface area contributed by atoms with Gasteiger partial charge in [0.05, 0.1) is 6.61 Å². The number of carbonyl (C=O) groups excluding carboxylic acids is 2. The molecule has 0 amide bonds. The average molecular weight is 221 g/mol. The van der Waals surface area contributed by atoms with E-state index in [4.69, 9.17) is 4.74 Å². The molecule has 0 spiro atoms. The number of ketones is 1. The summed E-state index contributed by atoms with van der Waals surface area (Å²) in [7, 11) is 0. The summed E-state index contributed by atoms with van der Waals surface area (Å²) in [5.74, 6) is -1.52. The van der Waals surface area contributed by atoms with Crippen LogP contribution in [0.3, 0.4) is 0 Å². The fraction of sp³-hybridized carbons (Fsp3) is 0.417. The SMILES string of the molecule is CCOC(=O)C(C)C(=O)c1ccc(C)nc1. The normalized spacial score (nSPS) is 11.9. The summed E-state index contributed by atoms with van der Waals surface area (Å²) in [5, 5.41) is 0. The number of Topliss-reactive ketones (excluding diaryl/α,β-unsaturated/α-hetero) is 1. The molecule has 0 saturated heterocycles. The first-order valence-electron chi connectivity index (χ1n) is 5.19. The van der Waals surface area contributed by atoms with Gasteiger partial charge in [-0.25, -0.2) is 0 Å². The Kier molecular flexibility index (Phi) is 4.17. The lowest BCUT2D eigenvalue weighted by molar-refractivity contribution is -0.145. The molecule has 1 aromatic rings. The van der Waals surface area contributed by atoms with Gasteiger partial charge < -0.3 is 4.74 Å². The van der Waals surface area contributed by atoms with Crippen molar-refractivity contribution in [3.63, 3.8) is 0 Å². The Morgan fingerprint density at radius 1 is 1.44 bits per heavy atom. The fourth-order valence-corrected chi connectivity index (χ4v) is 1.24. The molecular formula is C12H15NO3. The molecule has 0 fully saturated rings. The Bertz CT molecular complexity index is 384. The van der Waals surface area contributed by atoms with E-state index in [9.17, 15) is 9.59 Å². The third kappa shape index (κ3) is 2.89. The van der Waals surface area contributed by atoms with Crippen LogP contribution >= 0.6 is 0 Å². The van der Waals surface area contributed by atoms with Crippen LogP contribution in [0.25, 0.3) is 0 Å². The van der Waals surface area contributed by atoms with Gasteiger partial charge in [0.1, 0.15) is 5.92 Å². The molecule has 0 aromatic carbocycles. The van der Waals surface area contributed by atoms with Crippen LogP contribution in [0.4, 0.5) is 0 Å². The minimum Gasteiger partial charge on any atom is -0.465 e. The molecule has 0 aliphatic carbocycles. The molecule has 86 valence electrons. The lowest BCUT2D eigenvalue weighted by Crippen LogP contribution is -2.23. The highest BCUT2D eigenvalue weighted by Gasteiger charge is 2.23. The number of aryl methyl sites for hydroxylation is 1. The molecule has 0 radical (unpaired) electrons. The molecule has 1 rings (SSSR count). The third-order valence-electron chi connectivity index (χ3n) is 2.23. The van der Waals surface area contributed by atoms with Crippen LogP contribution in [0.1, 0.15) is 29.9 Å². The first kappa shape index (κ1) is 12.4. The van der Waals surface area contributed by atoms with E-state index in [0.717, 1.165) is 5.69 Å². The summed E-state index contributed by atoms with van der Waals surface area (Å²) in [6, 6.07) is 3.41. The second-order valence-corrected chi connectivity index (χ2v) is 3.53. The van der Waals surface area contributed by atoms with Crippen molar-refractivity contribution in [1.82, 2.24) is 4.98 Å². The van der Waals surface area contributed by atoms with Gasteiger partial charge in [-0.2, -0.15) is 0 Å². The van der Waals surface area contributed by atoms with Crippen molar-refractivity contribution >= 4 is 11.8 Å². The number of pyridine rings is 1. The Labute approximate surface area is 94.6 Å². The number of carbonyl (C=O) groups is 2. The molecule has 0 aliphatic heterocycles. The van der Waals surface area contributed by atoms with Crippen molar-refractivity contribution in [2.45, 2.75) is 20.8 Å². The third-order valence-corrected chi connectivity index (χ3v) is 2.23. The minimum atomic E-state index is -0.774. The van der Waals surface area contributed by atoms with Crippen molar-refractivity contribution in [3.05, 3.63) is 29.6 Å². The smallest absolute Gasteiger partial charge is 0.316 e. The summed E-state index contributed by atoms with van der Waals surface area (Å²) in [5.41, 5.74) is 1.27. The summed E-state index contributed by atoms with van der Waals surface area (Å²) in [4.78, 5) is 27.2. The molecule has 1 heterocycles. The number of esters is 1. The van der Waals surface area contributed by atoms with Crippen LogP contribution in [0.2, 0.25) is 0 Å². The Hall–Kier alpha value is -1.71. The molecule has 1 unspecified atom stereocenters. The number of ether oxygens (including phenoxy) is 1. The summed E-state index contributed by atoms with van der Waals surface area (Å²) < 4.78 is 4.79. The highest BCUT2D eigenvalue weighted by molar-refractivity contribution is 6.08. The van der Waals surface area contributed by atoms with Crippen LogP contribution in [-0.4, -0.2) is 23.3 Å². The van der Waals surface area contributed by atoms with Gasteiger partial charge in [-0.15, -0.1) is 0 Å². The second-order valence-electron chi connectivity index (χ2n) is 3.53. The maximum absolute atomic E-state index is 11.8. The van der Waals surface area contributed by atoms with Crippen molar-refractivity contribution < 1.29 is 14.3 Å². The molecule has 0 saturated carbocycles. The molecule has 0 aliphatic rings. The zero-order chi connectivity index (χ0) is 12.1. The molecule has 0 N–H and O–H groups in total. The van der Waals surface area contributed by atoms with E-state index in [1.807, 2.05) is 6.92 Å². The van der Waals surface area contributed by atoms with Gasteiger partial charge >= 0.3 is 5.97 Å². The van der Waals surface area contributed by atoms with E-state index in [1.54, 1.807) is 26.0 Å². The Balaban J connectivity index is 2.78. The largest absolute Gasteiger partial charge is 0.465 e. The van der Waals surface area contributed by atoms with Gasteiger partial charge in [0.15, 0.2) is 5.78 Å². The van der Waals surface area contributed by atoms with Crippen LogP contribution in [-0.2, 0) is 9.53 Å². The molecule has 0 bridgehead atoms. The van der Waals surface area contributed by atoms with Crippen molar-refractivity contribution in [1.29, 1.82) is 0 Å². The second kappa shape index (κ2) is 5.39. The number of hydrogen-bond donors (Lipinski definition) is 0. The highest BCUT2D eigenvalue weighted by atomic mass is 16.5. The molecule has 1 aromatic heterocycles. The Morgan fingerprint density at radius 2 is 2.12 bits per heavy atom. The van der Waals surface area contributed by atoms with E-state index in [2.05, 4.69) is 4.98 Å². The lowest BCUT2D eigenvalue weighted by atomic mass is 10.0. The van der Waals surface area contributed by atoms with Crippen molar-refractivity contribution in [3.8, 4) is 0 Å². The standard InChI is InChI=1S/C12H15NO3/c1-4-16-12(15)9(3)11(14)10-6-5-8(2)13-7-10/h5-7,9H,4H2,1-3H3. The fourth-order valence-electron chi connectivity index (χ4n) is 1.24. The summed E-state index contributed by atoms with van der Waals surface area (Å²) in [6.45, 7) is 5.37. The summed E-state index contributed by atoms with van der Waals surface area (Å²) >= 11 is 0. The predicted octanol–water partition coefficient (Wildman–Crippen LogP) is 1.77. The van der Waals surface area contributed by atoms with Gasteiger partial charge in [-0.05, 0) is 32.9 Å². The van der Waals surface area contributed by atoms with Gasteiger partial charge in [0, 0.05) is 17.5 Å². The van der Waals surface area contributed by atoms with E-state index in [0.29, 0.717) is 5.56 Å². The van der Waals surface area contributed by atoms with Crippen LogP contribution < -0.4 is 0 Å². The van der Waals surface area contributed by atoms with Gasteiger partial charge in [0.2, 0.25) is 0 Å². The number of aromatic nitrogens is 1. The van der Waals surface area contributed by atoms with Crippen molar-refractivity contribution in [2.75, 3.05) is 6.61 Å². The highest BCUT2D eigenvalue weighted by Crippen LogP contribution is 2.10. The van der Waals surface area contributed by atoms with Gasteiger partial charge in [-0.3, -0.25) is 14.6 Å². The molecule has 4 heteroatoms. The number of hydrogen-bond acceptors (Lipinski definition) is 4. The lowest BCUT2D eigenvalue weighted by Gasteiger charge is -2.09. The molecule has 16 heavy (non-hydrogen) atoms. The van der Waals surface area contributed by atoms with Crippen LogP contribution in [0.5, 0.6) is 0 Å². The first-order valence-corrected chi connectivity index (χ1v) is 5.19. The molecule has 1 atom stereocenters. The quantitative estimate of drug-likeness (QED) is 0.441. The zero-order valence-electron chi connectivity index (χ0n) is 9.69. The van der Waals surface area contributed by atoms with Gasteiger partial charge in [-0.1, -0.05) is 0 Å². The van der Waals surface area contributed by atoms with E-state index in [1.165, 1.54) is 6.20 Å². The van der Waals surface area contributed by atoms with E-state index >= 15 is 0 Å². The van der Waals surface area contributed by atoms with Crippen LogP contribution in [0.15, 0.2) is 18.3 Å². The van der Waals surface area contributed by atoms with Gasteiger partial charge in [0.25, 0.3) is 0 Å². The maximum atomic E-state index is 11.8. The molecule has 4 nitrogen and oxygen atoms in total. The maximum Gasteiger partial charge on any atom is 0.316 e. The van der Waals surface area contributed by atoms with Crippen molar-refractivity contribution in [2.24, 2.45) is 5.92 Å². The molecular weight excluding hydrogens is 206 g/mol. The number of nitrogens with zero attached hydrogens (tertiary/aromatic N) is 1. The van der Waals surface area contributed by atoms with E-state index < -0.39 is 11.9 Å². The zero-order valence-corrected chi connectivity index (χ0v) is 9.69. The first-order chi connectivity index (χ1) is 7.56. The summed E-state index contributed by atoms with van der Waals surface area (Å²) in [6.07, 6.45) is 1.48. The average Bonchev–Trinajstić information content (AvgIpc) is 2.28. The van der Waals surface area contributed by atoms with E-state index in [-0.39, 0.29) is 12.4 Å². The predicted molar refractivity (Wildman–Crippen MR) is 59.1 cm³/mol. The number of rotatable bonds is 4. The topological polar surface area (TPSA) is 56.3 Å².